The summed E-state index contributed by atoms with van der Waals surface area (Å²) in [6.45, 7) is 1.79. The minimum absolute atomic E-state index is 0.0288. The zero-order chi connectivity index (χ0) is 21.5. The molecule has 2 amide bonds. The van der Waals surface area contributed by atoms with Crippen molar-refractivity contribution in [3.05, 3.63) is 53.7 Å². The first-order valence-corrected chi connectivity index (χ1v) is 12.2. The zero-order valence-electron chi connectivity index (χ0n) is 16.4. The van der Waals surface area contributed by atoms with E-state index in [1.165, 1.54) is 22.7 Å². The Hall–Kier alpha value is -2.85. The molecule has 0 spiro atoms. The Morgan fingerprint density at radius 1 is 1.23 bits per heavy atom. The molecule has 1 unspecified atom stereocenters. The Labute approximate surface area is 177 Å². The predicted octanol–water partition coefficient (Wildman–Crippen LogP) is 2.43. The van der Waals surface area contributed by atoms with Crippen LogP contribution >= 0.6 is 11.8 Å². The van der Waals surface area contributed by atoms with Crippen LogP contribution in [0, 0.1) is 6.92 Å². The summed E-state index contributed by atoms with van der Waals surface area (Å²) < 4.78 is 24.3. The van der Waals surface area contributed by atoms with E-state index < -0.39 is 21.8 Å². The topological polar surface area (TPSA) is 112 Å². The second-order valence-electron chi connectivity index (χ2n) is 7.22. The SMILES string of the molecule is Cc1ccc(S(C)(=O)=O)c(C(=O)N2CSCC2C(=O)Nc2ccc3cn[nH]c3c2)c1. The van der Waals surface area contributed by atoms with Crippen LogP contribution in [0.25, 0.3) is 10.9 Å². The fourth-order valence-corrected chi connectivity index (χ4v) is 5.40. The van der Waals surface area contributed by atoms with E-state index in [1.54, 1.807) is 37.4 Å². The second kappa shape index (κ2) is 7.77. The van der Waals surface area contributed by atoms with Gasteiger partial charge in [-0.05, 0) is 37.3 Å². The first-order valence-electron chi connectivity index (χ1n) is 9.17. The molecule has 2 N–H and O–H groups in total. The van der Waals surface area contributed by atoms with Gasteiger partial charge in [0.2, 0.25) is 5.91 Å². The van der Waals surface area contributed by atoms with Crippen molar-refractivity contribution >= 4 is 50.0 Å². The van der Waals surface area contributed by atoms with Crippen molar-refractivity contribution in [2.45, 2.75) is 17.9 Å². The number of nitrogens with one attached hydrogen (secondary N) is 2. The number of hydrogen-bond donors (Lipinski definition) is 2. The number of hydrogen-bond acceptors (Lipinski definition) is 6. The highest BCUT2D eigenvalue weighted by Crippen LogP contribution is 2.27. The maximum atomic E-state index is 13.2. The molecule has 0 bridgehead atoms. The molecule has 4 rings (SSSR count). The van der Waals surface area contributed by atoms with E-state index in [0.717, 1.165) is 22.7 Å². The van der Waals surface area contributed by atoms with Gasteiger partial charge in [-0.3, -0.25) is 14.7 Å². The molecule has 30 heavy (non-hydrogen) atoms. The number of benzene rings is 2. The van der Waals surface area contributed by atoms with Crippen molar-refractivity contribution < 1.29 is 18.0 Å². The van der Waals surface area contributed by atoms with Gasteiger partial charge in [0, 0.05) is 23.1 Å². The van der Waals surface area contributed by atoms with Gasteiger partial charge in [0.15, 0.2) is 9.84 Å². The number of carbonyl (C=O) groups is 2. The van der Waals surface area contributed by atoms with Crippen LogP contribution in [0.15, 0.2) is 47.5 Å². The summed E-state index contributed by atoms with van der Waals surface area (Å²) in [5, 5.41) is 10.6. The number of anilines is 1. The smallest absolute Gasteiger partial charge is 0.256 e. The van der Waals surface area contributed by atoms with E-state index in [9.17, 15) is 18.0 Å². The average Bonchev–Trinajstić information content (AvgIpc) is 3.35. The minimum atomic E-state index is -3.59. The van der Waals surface area contributed by atoms with Crippen LogP contribution in [0.4, 0.5) is 5.69 Å². The summed E-state index contributed by atoms with van der Waals surface area (Å²) in [6.07, 6.45) is 2.76. The Morgan fingerprint density at radius 2 is 2.03 bits per heavy atom. The average molecular weight is 445 g/mol. The number of aryl methyl sites for hydroxylation is 1. The lowest BCUT2D eigenvalue weighted by Gasteiger charge is -2.24. The lowest BCUT2D eigenvalue weighted by Crippen LogP contribution is -2.44. The number of nitrogens with zero attached hydrogens (tertiary/aromatic N) is 2. The summed E-state index contributed by atoms with van der Waals surface area (Å²) in [6, 6.07) is 9.34. The van der Waals surface area contributed by atoms with E-state index in [-0.39, 0.29) is 16.4 Å². The number of amides is 2. The first-order chi connectivity index (χ1) is 14.2. The molecule has 1 aromatic heterocycles. The standard InChI is InChI=1S/C20H20N4O4S2/c1-12-3-6-18(30(2,27)28)15(7-12)20(26)24-11-29-10-17(24)19(25)22-14-5-4-13-9-21-23-16(13)8-14/h3-9,17H,10-11H2,1-2H3,(H,21,23)(H,22,25). The molecule has 1 fully saturated rings. The summed E-state index contributed by atoms with van der Waals surface area (Å²) in [4.78, 5) is 27.6. The summed E-state index contributed by atoms with van der Waals surface area (Å²) >= 11 is 1.45. The van der Waals surface area contributed by atoms with Crippen LogP contribution in [0.1, 0.15) is 15.9 Å². The normalized spacial score (nSPS) is 16.7. The van der Waals surface area contributed by atoms with Gasteiger partial charge in [-0.2, -0.15) is 5.10 Å². The fourth-order valence-electron chi connectivity index (χ4n) is 3.39. The van der Waals surface area contributed by atoms with Gasteiger partial charge in [-0.1, -0.05) is 11.6 Å². The summed E-state index contributed by atoms with van der Waals surface area (Å²) in [5.74, 6) is -0.0357. The molecule has 0 radical (unpaired) electrons. The number of aromatic nitrogens is 2. The molecule has 0 saturated carbocycles. The van der Waals surface area contributed by atoms with Gasteiger partial charge in [-0.15, -0.1) is 11.8 Å². The molecule has 0 aliphatic carbocycles. The highest BCUT2D eigenvalue weighted by atomic mass is 32.2. The lowest BCUT2D eigenvalue weighted by atomic mass is 10.1. The molecular formula is C20H20N4O4S2. The van der Waals surface area contributed by atoms with Gasteiger partial charge in [0.25, 0.3) is 5.91 Å². The van der Waals surface area contributed by atoms with Gasteiger partial charge in [-0.25, -0.2) is 8.42 Å². The van der Waals surface area contributed by atoms with Gasteiger partial charge >= 0.3 is 0 Å². The van der Waals surface area contributed by atoms with Crippen molar-refractivity contribution in [1.82, 2.24) is 15.1 Å². The number of aromatic amines is 1. The highest BCUT2D eigenvalue weighted by molar-refractivity contribution is 7.99. The molecule has 8 nitrogen and oxygen atoms in total. The van der Waals surface area contributed by atoms with E-state index in [4.69, 9.17) is 0 Å². The third-order valence-corrected chi connectivity index (χ3v) is 7.09. The number of rotatable bonds is 4. The van der Waals surface area contributed by atoms with Gasteiger partial charge < -0.3 is 10.2 Å². The van der Waals surface area contributed by atoms with E-state index in [2.05, 4.69) is 15.5 Å². The fraction of sp³-hybridized carbons (Fsp3) is 0.250. The molecule has 1 saturated heterocycles. The largest absolute Gasteiger partial charge is 0.324 e. The Kier molecular flexibility index (Phi) is 5.29. The lowest BCUT2D eigenvalue weighted by molar-refractivity contribution is -0.119. The minimum Gasteiger partial charge on any atom is -0.324 e. The van der Waals surface area contributed by atoms with Crippen LogP contribution in [0.2, 0.25) is 0 Å². The van der Waals surface area contributed by atoms with Crippen molar-refractivity contribution in [3.63, 3.8) is 0 Å². The monoisotopic (exact) mass is 444 g/mol. The van der Waals surface area contributed by atoms with Crippen LogP contribution in [0.5, 0.6) is 0 Å². The highest BCUT2D eigenvalue weighted by Gasteiger charge is 2.36. The van der Waals surface area contributed by atoms with Crippen molar-refractivity contribution in [1.29, 1.82) is 0 Å². The van der Waals surface area contributed by atoms with Crippen LogP contribution < -0.4 is 5.32 Å². The molecule has 1 aliphatic heterocycles. The predicted molar refractivity (Wildman–Crippen MR) is 116 cm³/mol. The maximum absolute atomic E-state index is 13.2. The summed E-state index contributed by atoms with van der Waals surface area (Å²) in [7, 11) is -3.59. The van der Waals surface area contributed by atoms with Crippen LogP contribution in [0.3, 0.4) is 0 Å². The molecule has 2 aromatic carbocycles. The number of H-pyrrole nitrogens is 1. The zero-order valence-corrected chi connectivity index (χ0v) is 18.0. The quantitative estimate of drug-likeness (QED) is 0.639. The second-order valence-corrected chi connectivity index (χ2v) is 10.2. The first kappa shape index (κ1) is 20.4. The molecule has 1 aliphatic rings. The maximum Gasteiger partial charge on any atom is 0.256 e. The number of sulfone groups is 1. The van der Waals surface area contributed by atoms with E-state index >= 15 is 0 Å². The van der Waals surface area contributed by atoms with Crippen LogP contribution in [-0.4, -0.2) is 59.3 Å². The van der Waals surface area contributed by atoms with Gasteiger partial charge in [0.05, 0.1) is 28.0 Å². The van der Waals surface area contributed by atoms with Crippen molar-refractivity contribution in [3.8, 4) is 0 Å². The summed E-state index contributed by atoms with van der Waals surface area (Å²) in [5.41, 5.74) is 2.25. The van der Waals surface area contributed by atoms with Crippen LogP contribution in [-0.2, 0) is 14.6 Å². The van der Waals surface area contributed by atoms with E-state index in [1.807, 2.05) is 6.07 Å². The van der Waals surface area contributed by atoms with Gasteiger partial charge in [0.1, 0.15) is 6.04 Å². The number of carbonyl (C=O) groups excluding carboxylic acids is 2. The third-order valence-electron chi connectivity index (χ3n) is 4.92. The molecule has 10 heteroatoms. The van der Waals surface area contributed by atoms with E-state index in [0.29, 0.717) is 17.3 Å². The molecule has 2 heterocycles. The molecule has 156 valence electrons. The van der Waals surface area contributed by atoms with Crippen molar-refractivity contribution in [2.24, 2.45) is 0 Å². The molecule has 1 atom stereocenters. The number of fused-ring (bicyclic) bond motifs is 1. The van der Waals surface area contributed by atoms with Crippen molar-refractivity contribution in [2.75, 3.05) is 23.2 Å². The Bertz CT molecular complexity index is 1250. The molecular weight excluding hydrogens is 424 g/mol. The number of thioether (sulfide) groups is 1. The Morgan fingerprint density at radius 3 is 2.80 bits per heavy atom. The molecule has 3 aromatic rings. The Balaban J connectivity index is 1.59. The third kappa shape index (κ3) is 3.92.